The van der Waals surface area contributed by atoms with Crippen LogP contribution < -0.4 is 4.74 Å². The number of carboxylic acid groups (broad SMARTS) is 1. The van der Waals surface area contributed by atoms with E-state index in [1.165, 1.54) is 12.1 Å². The molecule has 0 aliphatic rings. The number of aliphatic carboxylic acids is 1. The Morgan fingerprint density at radius 3 is 2.57 bits per heavy atom. The lowest BCUT2D eigenvalue weighted by atomic mass is 10.1. The van der Waals surface area contributed by atoms with Gasteiger partial charge >= 0.3 is 18.3 Å². The highest BCUT2D eigenvalue weighted by atomic mass is 19.4. The third kappa shape index (κ3) is 7.35. The molecule has 0 bridgehead atoms. The van der Waals surface area contributed by atoms with Gasteiger partial charge in [-0.3, -0.25) is 4.79 Å². The lowest BCUT2D eigenvalue weighted by Gasteiger charge is -2.13. The van der Waals surface area contributed by atoms with E-state index in [1.54, 1.807) is 6.92 Å². The predicted molar refractivity (Wildman–Crippen MR) is 74.7 cm³/mol. The molecule has 0 saturated carbocycles. The van der Waals surface area contributed by atoms with Crippen LogP contribution in [0.1, 0.15) is 24.5 Å². The van der Waals surface area contributed by atoms with E-state index in [1.807, 2.05) is 0 Å². The topological polar surface area (TPSA) is 72.8 Å². The molecule has 0 aliphatic carbocycles. The van der Waals surface area contributed by atoms with Gasteiger partial charge < -0.3 is 14.6 Å². The van der Waals surface area contributed by atoms with Crippen LogP contribution in [0.4, 0.5) is 13.2 Å². The number of ether oxygens (including phenoxy) is 2. The van der Waals surface area contributed by atoms with E-state index in [2.05, 4.69) is 4.74 Å². The lowest BCUT2D eigenvalue weighted by Crippen LogP contribution is -2.18. The van der Waals surface area contributed by atoms with Gasteiger partial charge in [0.2, 0.25) is 0 Å². The fourth-order valence-corrected chi connectivity index (χ4v) is 1.73. The molecular formula is C15H15F3O5. The smallest absolute Gasteiger partial charge is 0.478 e. The fourth-order valence-electron chi connectivity index (χ4n) is 1.73. The van der Waals surface area contributed by atoms with Crippen LogP contribution in [-0.2, 0) is 20.7 Å². The second-order valence-electron chi connectivity index (χ2n) is 4.40. The molecule has 0 radical (unpaired) electrons. The molecular weight excluding hydrogens is 317 g/mol. The highest BCUT2D eigenvalue weighted by molar-refractivity contribution is 5.86. The van der Waals surface area contributed by atoms with Gasteiger partial charge in [0.15, 0.2) is 0 Å². The first-order chi connectivity index (χ1) is 10.7. The van der Waals surface area contributed by atoms with Crippen LogP contribution in [0, 0.1) is 0 Å². The van der Waals surface area contributed by atoms with E-state index in [0.29, 0.717) is 11.6 Å². The van der Waals surface area contributed by atoms with Crippen molar-refractivity contribution in [2.24, 2.45) is 0 Å². The van der Waals surface area contributed by atoms with Gasteiger partial charge in [-0.15, -0.1) is 13.2 Å². The molecule has 0 spiro atoms. The predicted octanol–water partition coefficient (Wildman–Crippen LogP) is 3.18. The Kier molecular flexibility index (Phi) is 6.62. The molecule has 1 N–H and O–H groups in total. The molecule has 0 atom stereocenters. The van der Waals surface area contributed by atoms with Crippen molar-refractivity contribution >= 4 is 18.0 Å². The molecule has 0 fully saturated rings. The zero-order valence-corrected chi connectivity index (χ0v) is 12.2. The van der Waals surface area contributed by atoms with Crippen molar-refractivity contribution in [3.8, 4) is 5.75 Å². The van der Waals surface area contributed by atoms with E-state index in [9.17, 15) is 22.8 Å². The maximum Gasteiger partial charge on any atom is 0.573 e. The Hall–Kier alpha value is -2.51. The number of hydrogen-bond donors (Lipinski definition) is 1. The minimum atomic E-state index is -4.91. The first-order valence-electron chi connectivity index (χ1n) is 6.66. The molecule has 1 aromatic rings. The van der Waals surface area contributed by atoms with Crippen molar-refractivity contribution in [3.63, 3.8) is 0 Å². The summed E-state index contributed by atoms with van der Waals surface area (Å²) in [5.41, 5.74) is 0.398. The van der Waals surface area contributed by atoms with Gasteiger partial charge in [0, 0.05) is 18.1 Å². The van der Waals surface area contributed by atoms with E-state index in [0.717, 1.165) is 12.1 Å². The van der Waals surface area contributed by atoms with Crippen molar-refractivity contribution in [2.75, 3.05) is 6.61 Å². The number of benzene rings is 1. The highest BCUT2D eigenvalue weighted by Crippen LogP contribution is 2.29. The summed E-state index contributed by atoms with van der Waals surface area (Å²) in [5.74, 6) is -2.29. The monoisotopic (exact) mass is 332 g/mol. The number of aryl methyl sites for hydroxylation is 1. The number of carboxylic acids is 1. The second-order valence-corrected chi connectivity index (χ2v) is 4.40. The molecule has 0 saturated heterocycles. The van der Waals surface area contributed by atoms with Gasteiger partial charge in [-0.2, -0.15) is 0 Å². The molecule has 8 heteroatoms. The quantitative estimate of drug-likeness (QED) is 0.613. The van der Waals surface area contributed by atoms with Crippen LogP contribution in [0.2, 0.25) is 0 Å². The summed E-state index contributed by atoms with van der Waals surface area (Å²) in [6.07, 6.45) is -3.01. The number of hydrogen-bond acceptors (Lipinski definition) is 4. The van der Waals surface area contributed by atoms with Crippen LogP contribution in [-0.4, -0.2) is 30.0 Å². The largest absolute Gasteiger partial charge is 0.573 e. The van der Waals surface area contributed by atoms with Gasteiger partial charge in [-0.05, 0) is 31.1 Å². The van der Waals surface area contributed by atoms with Crippen LogP contribution in [0.3, 0.4) is 0 Å². The Balaban J connectivity index is 2.97. The molecule has 0 amide bonds. The summed E-state index contributed by atoms with van der Waals surface area (Å²) in [6, 6.07) is 3.90. The first-order valence-corrected chi connectivity index (χ1v) is 6.66. The average molecular weight is 332 g/mol. The third-order valence-corrected chi connectivity index (χ3v) is 2.63. The number of halogens is 3. The van der Waals surface area contributed by atoms with E-state index in [-0.39, 0.29) is 25.0 Å². The molecule has 0 unspecified atom stereocenters. The van der Waals surface area contributed by atoms with Crippen molar-refractivity contribution in [1.29, 1.82) is 0 Å². The van der Waals surface area contributed by atoms with Gasteiger partial charge in [-0.25, -0.2) is 4.79 Å². The standard InChI is InChI=1S/C15H15F3O5/c1-2-22-14(21)8-4-10-3-5-11(6-7-13(19)20)12(9-10)23-15(16,17)18/h3,5-7,9H,2,4,8H2,1H3,(H,19,20)/b7-6+. The number of rotatable bonds is 7. The van der Waals surface area contributed by atoms with Crippen LogP contribution >= 0.6 is 0 Å². The number of alkyl halides is 3. The fraction of sp³-hybridized carbons (Fsp3) is 0.333. The summed E-state index contributed by atoms with van der Waals surface area (Å²) < 4.78 is 45.9. The number of carbonyl (C=O) groups is 2. The molecule has 0 heterocycles. The summed E-state index contributed by atoms with van der Waals surface area (Å²) in [4.78, 5) is 21.7. The van der Waals surface area contributed by atoms with Gasteiger partial charge in [0.05, 0.1) is 6.61 Å². The Morgan fingerprint density at radius 1 is 1.30 bits per heavy atom. The third-order valence-electron chi connectivity index (χ3n) is 2.63. The maximum absolute atomic E-state index is 12.4. The Morgan fingerprint density at radius 2 is 2.00 bits per heavy atom. The van der Waals surface area contributed by atoms with Crippen molar-refractivity contribution in [3.05, 3.63) is 35.4 Å². The SMILES string of the molecule is CCOC(=O)CCc1ccc(/C=C/C(=O)O)c(OC(F)(F)F)c1. The molecule has 1 rings (SSSR count). The molecule has 5 nitrogen and oxygen atoms in total. The zero-order chi connectivity index (χ0) is 17.5. The lowest BCUT2D eigenvalue weighted by molar-refractivity contribution is -0.274. The minimum Gasteiger partial charge on any atom is -0.478 e. The Labute approximate surface area is 130 Å². The number of esters is 1. The molecule has 0 aliphatic heterocycles. The molecule has 0 aromatic heterocycles. The van der Waals surface area contributed by atoms with Crippen molar-refractivity contribution in [1.82, 2.24) is 0 Å². The molecule has 23 heavy (non-hydrogen) atoms. The molecule has 1 aromatic carbocycles. The van der Waals surface area contributed by atoms with E-state index < -0.39 is 24.1 Å². The average Bonchev–Trinajstić information content (AvgIpc) is 2.42. The number of carbonyl (C=O) groups excluding carboxylic acids is 1. The normalized spacial score (nSPS) is 11.5. The van der Waals surface area contributed by atoms with Crippen LogP contribution in [0.5, 0.6) is 5.75 Å². The summed E-state index contributed by atoms with van der Waals surface area (Å²) in [6.45, 7) is 1.87. The second kappa shape index (κ2) is 8.21. The van der Waals surface area contributed by atoms with Crippen LogP contribution in [0.25, 0.3) is 6.08 Å². The van der Waals surface area contributed by atoms with Crippen LogP contribution in [0.15, 0.2) is 24.3 Å². The summed E-state index contributed by atoms with van der Waals surface area (Å²) in [7, 11) is 0. The van der Waals surface area contributed by atoms with Gasteiger partial charge in [-0.1, -0.05) is 12.1 Å². The zero-order valence-electron chi connectivity index (χ0n) is 12.2. The minimum absolute atomic E-state index is 0.0175. The highest BCUT2D eigenvalue weighted by Gasteiger charge is 2.32. The van der Waals surface area contributed by atoms with E-state index in [4.69, 9.17) is 9.84 Å². The van der Waals surface area contributed by atoms with Gasteiger partial charge in [0.25, 0.3) is 0 Å². The van der Waals surface area contributed by atoms with E-state index >= 15 is 0 Å². The summed E-state index contributed by atoms with van der Waals surface area (Å²) in [5, 5.41) is 8.55. The van der Waals surface area contributed by atoms with Crippen molar-refractivity contribution < 1.29 is 37.3 Å². The first kappa shape index (κ1) is 18.5. The van der Waals surface area contributed by atoms with Gasteiger partial charge in [0.1, 0.15) is 5.75 Å². The Bertz CT molecular complexity index is 593. The van der Waals surface area contributed by atoms with Crippen molar-refractivity contribution in [2.45, 2.75) is 26.1 Å². The maximum atomic E-state index is 12.4. The molecule has 126 valence electrons. The summed E-state index contributed by atoms with van der Waals surface area (Å²) >= 11 is 0.